The van der Waals surface area contributed by atoms with E-state index in [9.17, 15) is 0 Å². The molecule has 1 aromatic rings. The monoisotopic (exact) mass is 192 g/mol. The van der Waals surface area contributed by atoms with Gasteiger partial charge in [0.05, 0.1) is 6.61 Å². The zero-order valence-electron chi connectivity index (χ0n) is 8.49. The molecule has 1 N–H and O–H groups in total. The molecule has 0 saturated heterocycles. The topological polar surface area (TPSA) is 34.1 Å². The number of aromatic nitrogens is 1. The van der Waals surface area contributed by atoms with Gasteiger partial charge >= 0.3 is 0 Å². The van der Waals surface area contributed by atoms with Crippen molar-refractivity contribution in [2.45, 2.75) is 13.3 Å². The molecule has 0 spiro atoms. The Morgan fingerprint density at radius 2 is 2.50 bits per heavy atom. The second-order valence-corrected chi connectivity index (χ2v) is 2.83. The summed E-state index contributed by atoms with van der Waals surface area (Å²) >= 11 is 0. The number of pyridine rings is 1. The van der Waals surface area contributed by atoms with Gasteiger partial charge in [0, 0.05) is 18.8 Å². The molecule has 1 rings (SSSR count). The second kappa shape index (κ2) is 6.02. The van der Waals surface area contributed by atoms with Gasteiger partial charge in [0.2, 0.25) is 0 Å². The summed E-state index contributed by atoms with van der Waals surface area (Å²) in [6.45, 7) is 7.20. The average Bonchev–Trinajstić information content (AvgIpc) is 2.19. The molecule has 14 heavy (non-hydrogen) atoms. The number of rotatable bonds is 6. The van der Waals surface area contributed by atoms with Gasteiger partial charge in [0.25, 0.3) is 0 Å². The number of anilines is 1. The molecule has 0 amide bonds. The number of ether oxygens (including phenoxy) is 1. The smallest absolute Gasteiger partial charge is 0.129 e. The van der Waals surface area contributed by atoms with Crippen LogP contribution in [0.25, 0.3) is 0 Å². The van der Waals surface area contributed by atoms with E-state index in [2.05, 4.69) is 16.9 Å². The van der Waals surface area contributed by atoms with Crippen molar-refractivity contribution in [3.8, 4) is 5.75 Å². The molecule has 0 aliphatic heterocycles. The van der Waals surface area contributed by atoms with Crippen LogP contribution in [0.4, 0.5) is 5.82 Å². The highest BCUT2D eigenvalue weighted by Crippen LogP contribution is 2.14. The van der Waals surface area contributed by atoms with Crippen LogP contribution in [0.5, 0.6) is 5.75 Å². The molecule has 1 heterocycles. The van der Waals surface area contributed by atoms with Crippen LogP contribution in [0.3, 0.4) is 0 Å². The molecular weight excluding hydrogens is 176 g/mol. The highest BCUT2D eigenvalue weighted by atomic mass is 16.5. The minimum atomic E-state index is 0.666. The minimum absolute atomic E-state index is 0.666. The first-order valence-electron chi connectivity index (χ1n) is 4.80. The normalized spacial score (nSPS) is 9.50. The van der Waals surface area contributed by atoms with Crippen molar-refractivity contribution in [1.82, 2.24) is 4.98 Å². The highest BCUT2D eigenvalue weighted by molar-refractivity contribution is 5.40. The lowest BCUT2D eigenvalue weighted by Crippen LogP contribution is -2.00. The lowest BCUT2D eigenvalue weighted by atomic mass is 10.4. The number of nitrogens with zero attached hydrogens (tertiary/aromatic N) is 1. The first-order chi connectivity index (χ1) is 6.86. The van der Waals surface area contributed by atoms with Gasteiger partial charge in [-0.15, -0.1) is 6.58 Å². The Kier molecular flexibility index (Phi) is 4.55. The van der Waals surface area contributed by atoms with Gasteiger partial charge in [-0.1, -0.05) is 6.08 Å². The van der Waals surface area contributed by atoms with Gasteiger partial charge in [0.1, 0.15) is 11.6 Å². The SMILES string of the molecule is C=CCCOc1ccnc(NCC)c1. The molecule has 3 heteroatoms. The standard InChI is InChI=1S/C11H16N2O/c1-3-5-8-14-10-6-7-13-11(9-10)12-4-2/h3,6-7,9H,1,4-5,8H2,2H3,(H,12,13). The van der Waals surface area contributed by atoms with Crippen LogP contribution >= 0.6 is 0 Å². The lowest BCUT2D eigenvalue weighted by molar-refractivity contribution is 0.325. The Morgan fingerprint density at radius 3 is 3.21 bits per heavy atom. The highest BCUT2D eigenvalue weighted by Gasteiger charge is 1.95. The predicted molar refractivity (Wildman–Crippen MR) is 58.7 cm³/mol. The van der Waals surface area contributed by atoms with Gasteiger partial charge in [0.15, 0.2) is 0 Å². The lowest BCUT2D eigenvalue weighted by Gasteiger charge is -2.06. The fourth-order valence-corrected chi connectivity index (χ4v) is 1.04. The molecule has 0 saturated carbocycles. The van der Waals surface area contributed by atoms with Crippen LogP contribution in [-0.2, 0) is 0 Å². The van der Waals surface area contributed by atoms with Crippen LogP contribution in [0.15, 0.2) is 31.0 Å². The van der Waals surface area contributed by atoms with E-state index in [1.54, 1.807) is 6.20 Å². The molecule has 0 aromatic carbocycles. The minimum Gasteiger partial charge on any atom is -0.493 e. The van der Waals surface area contributed by atoms with Crippen molar-refractivity contribution in [2.24, 2.45) is 0 Å². The van der Waals surface area contributed by atoms with Crippen molar-refractivity contribution in [1.29, 1.82) is 0 Å². The summed E-state index contributed by atoms with van der Waals surface area (Å²) in [7, 11) is 0. The van der Waals surface area contributed by atoms with Gasteiger partial charge in [-0.2, -0.15) is 0 Å². The van der Waals surface area contributed by atoms with Crippen LogP contribution in [0.2, 0.25) is 0 Å². The Balaban J connectivity index is 2.50. The molecule has 3 nitrogen and oxygen atoms in total. The fourth-order valence-electron chi connectivity index (χ4n) is 1.04. The molecule has 0 fully saturated rings. The third-order valence-corrected chi connectivity index (χ3v) is 1.68. The van der Waals surface area contributed by atoms with E-state index in [1.807, 2.05) is 25.1 Å². The molecule has 0 aliphatic carbocycles. The quantitative estimate of drug-likeness (QED) is 0.555. The first-order valence-corrected chi connectivity index (χ1v) is 4.80. The third-order valence-electron chi connectivity index (χ3n) is 1.68. The zero-order chi connectivity index (χ0) is 10.2. The molecule has 0 unspecified atom stereocenters. The van der Waals surface area contributed by atoms with Crippen molar-refractivity contribution >= 4 is 5.82 Å². The van der Waals surface area contributed by atoms with Gasteiger partial charge in [-0.25, -0.2) is 4.98 Å². The van der Waals surface area contributed by atoms with Crippen molar-refractivity contribution in [3.63, 3.8) is 0 Å². The summed E-state index contributed by atoms with van der Waals surface area (Å²) in [5, 5.41) is 3.13. The molecule has 0 atom stereocenters. The average molecular weight is 192 g/mol. The van der Waals surface area contributed by atoms with E-state index in [0.717, 1.165) is 24.5 Å². The molecular formula is C11H16N2O. The van der Waals surface area contributed by atoms with Crippen molar-refractivity contribution < 1.29 is 4.74 Å². The largest absolute Gasteiger partial charge is 0.493 e. The number of hydrogen-bond donors (Lipinski definition) is 1. The molecule has 0 radical (unpaired) electrons. The van der Waals surface area contributed by atoms with Gasteiger partial charge < -0.3 is 10.1 Å². The number of hydrogen-bond acceptors (Lipinski definition) is 3. The van der Waals surface area contributed by atoms with E-state index in [-0.39, 0.29) is 0 Å². The van der Waals surface area contributed by atoms with Crippen LogP contribution in [-0.4, -0.2) is 18.1 Å². The number of nitrogens with one attached hydrogen (secondary N) is 1. The van der Waals surface area contributed by atoms with Crippen molar-refractivity contribution in [3.05, 3.63) is 31.0 Å². The van der Waals surface area contributed by atoms with Crippen LogP contribution < -0.4 is 10.1 Å². The summed E-state index contributed by atoms with van der Waals surface area (Å²) in [5.74, 6) is 1.70. The summed E-state index contributed by atoms with van der Waals surface area (Å²) in [4.78, 5) is 4.15. The Bertz CT molecular complexity index is 286. The maximum absolute atomic E-state index is 5.48. The molecule has 76 valence electrons. The zero-order valence-corrected chi connectivity index (χ0v) is 8.49. The maximum Gasteiger partial charge on any atom is 0.129 e. The maximum atomic E-state index is 5.48. The summed E-state index contributed by atoms with van der Waals surface area (Å²) in [6.07, 6.45) is 4.44. The molecule has 1 aromatic heterocycles. The molecule has 0 aliphatic rings. The van der Waals surface area contributed by atoms with Crippen LogP contribution in [0.1, 0.15) is 13.3 Å². The Hall–Kier alpha value is -1.51. The van der Waals surface area contributed by atoms with E-state index in [1.165, 1.54) is 0 Å². The summed E-state index contributed by atoms with van der Waals surface area (Å²) < 4.78 is 5.48. The summed E-state index contributed by atoms with van der Waals surface area (Å²) in [6, 6.07) is 3.75. The van der Waals surface area contributed by atoms with E-state index in [0.29, 0.717) is 6.61 Å². The second-order valence-electron chi connectivity index (χ2n) is 2.83. The third kappa shape index (κ3) is 3.47. The van der Waals surface area contributed by atoms with E-state index in [4.69, 9.17) is 4.74 Å². The van der Waals surface area contributed by atoms with Crippen molar-refractivity contribution in [2.75, 3.05) is 18.5 Å². The predicted octanol–water partition coefficient (Wildman–Crippen LogP) is 2.47. The Labute approximate surface area is 84.8 Å². The van der Waals surface area contributed by atoms with Crippen LogP contribution in [0, 0.1) is 0 Å². The molecule has 0 bridgehead atoms. The van der Waals surface area contributed by atoms with E-state index >= 15 is 0 Å². The fraction of sp³-hybridized carbons (Fsp3) is 0.364. The van der Waals surface area contributed by atoms with E-state index < -0.39 is 0 Å². The summed E-state index contributed by atoms with van der Waals surface area (Å²) in [5.41, 5.74) is 0. The van der Waals surface area contributed by atoms with Gasteiger partial charge in [-0.05, 0) is 19.4 Å². The first kappa shape index (κ1) is 10.6. The van der Waals surface area contributed by atoms with Gasteiger partial charge in [-0.3, -0.25) is 0 Å². The Morgan fingerprint density at radius 1 is 1.64 bits per heavy atom.